The van der Waals surface area contributed by atoms with Gasteiger partial charge in [-0.05, 0) is 12.0 Å². The fourth-order valence-electron chi connectivity index (χ4n) is 2.01. The number of hydrogen-bond acceptors (Lipinski definition) is 4. The lowest BCUT2D eigenvalue weighted by Gasteiger charge is -2.04. The Bertz CT molecular complexity index is 652. The molecular formula is C13H14ClN3O3. The monoisotopic (exact) mass is 295 g/mol. The third-order valence-corrected chi connectivity index (χ3v) is 3.35. The number of aliphatic hydroxyl groups is 1. The first-order chi connectivity index (χ1) is 9.47. The number of nitro benzene ring substituents is 1. The van der Waals surface area contributed by atoms with Crippen molar-refractivity contribution in [2.24, 2.45) is 0 Å². The van der Waals surface area contributed by atoms with Gasteiger partial charge in [0.1, 0.15) is 10.8 Å². The number of rotatable bonds is 4. The van der Waals surface area contributed by atoms with Crippen LogP contribution >= 0.6 is 11.6 Å². The second kappa shape index (κ2) is 5.60. The number of nitro groups is 1. The van der Waals surface area contributed by atoms with Gasteiger partial charge in [0.2, 0.25) is 0 Å². The largest absolute Gasteiger partial charge is 0.391 e. The maximum atomic E-state index is 11.1. The van der Waals surface area contributed by atoms with Gasteiger partial charge in [0.05, 0.1) is 17.2 Å². The smallest absolute Gasteiger partial charge is 0.294 e. The molecule has 0 aliphatic rings. The van der Waals surface area contributed by atoms with Crippen LogP contribution in [0, 0.1) is 10.1 Å². The van der Waals surface area contributed by atoms with Crippen molar-refractivity contribution in [3.05, 3.63) is 50.8 Å². The van der Waals surface area contributed by atoms with E-state index in [9.17, 15) is 15.2 Å². The molecular weight excluding hydrogens is 282 g/mol. The first-order valence-electron chi connectivity index (χ1n) is 6.09. The van der Waals surface area contributed by atoms with Crippen LogP contribution in [0.4, 0.5) is 5.69 Å². The van der Waals surface area contributed by atoms with Crippen molar-refractivity contribution in [1.82, 2.24) is 9.78 Å². The molecule has 0 saturated carbocycles. The first kappa shape index (κ1) is 14.5. The van der Waals surface area contributed by atoms with Gasteiger partial charge in [0.15, 0.2) is 0 Å². The van der Waals surface area contributed by atoms with E-state index in [0.717, 1.165) is 0 Å². The quantitative estimate of drug-likeness (QED) is 0.694. The Morgan fingerprint density at radius 1 is 1.45 bits per heavy atom. The molecule has 0 amide bonds. The summed E-state index contributed by atoms with van der Waals surface area (Å²) in [5, 5.41) is 25.0. The van der Waals surface area contributed by atoms with Gasteiger partial charge < -0.3 is 5.11 Å². The Kier molecular flexibility index (Phi) is 4.06. The SMILES string of the molecule is CC(C)c1nn(-c2ccccc2[N+](=O)[O-])c(Cl)c1CO. The molecule has 0 saturated heterocycles. The summed E-state index contributed by atoms with van der Waals surface area (Å²) in [6, 6.07) is 6.21. The molecule has 0 fully saturated rings. The van der Waals surface area contributed by atoms with Crippen molar-refractivity contribution in [2.75, 3.05) is 0 Å². The van der Waals surface area contributed by atoms with Gasteiger partial charge in [-0.25, -0.2) is 4.68 Å². The van der Waals surface area contributed by atoms with E-state index in [2.05, 4.69) is 5.10 Å². The highest BCUT2D eigenvalue weighted by atomic mass is 35.5. The van der Waals surface area contributed by atoms with E-state index in [-0.39, 0.29) is 29.1 Å². The number of benzene rings is 1. The molecule has 0 aliphatic carbocycles. The fraction of sp³-hybridized carbons (Fsp3) is 0.308. The van der Waals surface area contributed by atoms with Gasteiger partial charge in [0.25, 0.3) is 5.69 Å². The average molecular weight is 296 g/mol. The van der Waals surface area contributed by atoms with Gasteiger partial charge in [-0.1, -0.05) is 37.6 Å². The van der Waals surface area contributed by atoms with E-state index in [0.29, 0.717) is 11.3 Å². The van der Waals surface area contributed by atoms with Gasteiger partial charge in [-0.2, -0.15) is 5.10 Å². The molecule has 6 nitrogen and oxygen atoms in total. The summed E-state index contributed by atoms with van der Waals surface area (Å²) in [5.74, 6) is 0.0543. The average Bonchev–Trinajstić information content (AvgIpc) is 2.75. The minimum atomic E-state index is -0.485. The highest BCUT2D eigenvalue weighted by Gasteiger charge is 2.23. The molecule has 2 rings (SSSR count). The topological polar surface area (TPSA) is 81.2 Å². The molecule has 2 aromatic rings. The van der Waals surface area contributed by atoms with E-state index >= 15 is 0 Å². The maximum absolute atomic E-state index is 11.1. The third-order valence-electron chi connectivity index (χ3n) is 2.96. The minimum Gasteiger partial charge on any atom is -0.391 e. The molecule has 0 unspecified atom stereocenters. The highest BCUT2D eigenvalue weighted by Crippen LogP contribution is 2.31. The molecule has 1 heterocycles. The van der Waals surface area contributed by atoms with Crippen LogP contribution in [-0.4, -0.2) is 19.8 Å². The van der Waals surface area contributed by atoms with Gasteiger partial charge >= 0.3 is 0 Å². The Hall–Kier alpha value is -1.92. The Balaban J connectivity index is 2.68. The Morgan fingerprint density at radius 2 is 2.10 bits per heavy atom. The lowest BCUT2D eigenvalue weighted by atomic mass is 10.1. The van der Waals surface area contributed by atoms with Crippen LogP contribution in [0.3, 0.4) is 0 Å². The number of hydrogen-bond donors (Lipinski definition) is 1. The van der Waals surface area contributed by atoms with Gasteiger partial charge in [-0.3, -0.25) is 10.1 Å². The van der Waals surface area contributed by atoms with Crippen LogP contribution in [0.25, 0.3) is 5.69 Å². The molecule has 0 aliphatic heterocycles. The predicted molar refractivity (Wildman–Crippen MR) is 75.2 cm³/mol. The van der Waals surface area contributed by atoms with Crippen molar-refractivity contribution in [2.45, 2.75) is 26.4 Å². The number of halogens is 1. The van der Waals surface area contributed by atoms with Crippen LogP contribution in [0.2, 0.25) is 5.15 Å². The van der Waals surface area contributed by atoms with Crippen molar-refractivity contribution >= 4 is 17.3 Å². The highest BCUT2D eigenvalue weighted by molar-refractivity contribution is 6.30. The predicted octanol–water partition coefficient (Wildman–Crippen LogP) is 3.05. The molecule has 0 radical (unpaired) electrons. The fourth-order valence-corrected chi connectivity index (χ4v) is 2.30. The van der Waals surface area contributed by atoms with Crippen LogP contribution in [0.5, 0.6) is 0 Å². The standard InChI is InChI=1S/C13H14ClN3O3/c1-8(2)12-9(7-18)13(14)16(15-12)10-5-3-4-6-11(10)17(19)20/h3-6,8,18H,7H2,1-2H3. The number of nitrogens with zero attached hydrogens (tertiary/aromatic N) is 3. The number of aliphatic hydroxyl groups excluding tert-OH is 1. The second-order valence-corrected chi connectivity index (χ2v) is 4.98. The van der Waals surface area contributed by atoms with Crippen molar-refractivity contribution in [3.63, 3.8) is 0 Å². The molecule has 1 N–H and O–H groups in total. The van der Waals surface area contributed by atoms with Crippen molar-refractivity contribution in [1.29, 1.82) is 0 Å². The lowest BCUT2D eigenvalue weighted by molar-refractivity contribution is -0.384. The van der Waals surface area contributed by atoms with Gasteiger partial charge in [0, 0.05) is 11.6 Å². The summed E-state index contributed by atoms with van der Waals surface area (Å²) >= 11 is 6.20. The zero-order valence-corrected chi connectivity index (χ0v) is 11.8. The van der Waals surface area contributed by atoms with Crippen molar-refractivity contribution < 1.29 is 10.0 Å². The molecule has 0 bridgehead atoms. The van der Waals surface area contributed by atoms with Crippen LogP contribution < -0.4 is 0 Å². The maximum Gasteiger partial charge on any atom is 0.294 e. The number of para-hydroxylation sites is 2. The summed E-state index contributed by atoms with van der Waals surface area (Å²) in [6.07, 6.45) is 0. The van der Waals surface area contributed by atoms with E-state index in [4.69, 9.17) is 11.6 Å². The number of aromatic nitrogens is 2. The second-order valence-electron chi connectivity index (χ2n) is 4.63. The zero-order valence-electron chi connectivity index (χ0n) is 11.1. The normalized spacial score (nSPS) is 11.1. The van der Waals surface area contributed by atoms with Crippen LogP contribution in [0.15, 0.2) is 24.3 Å². The molecule has 0 atom stereocenters. The molecule has 1 aromatic heterocycles. The summed E-state index contributed by atoms with van der Waals surface area (Å²) in [6.45, 7) is 3.58. The molecule has 1 aromatic carbocycles. The summed E-state index contributed by atoms with van der Waals surface area (Å²) in [4.78, 5) is 10.6. The van der Waals surface area contributed by atoms with E-state index in [1.54, 1.807) is 18.2 Å². The van der Waals surface area contributed by atoms with E-state index < -0.39 is 4.92 Å². The Labute approximate surface area is 120 Å². The summed E-state index contributed by atoms with van der Waals surface area (Å²) < 4.78 is 1.31. The Morgan fingerprint density at radius 3 is 2.60 bits per heavy atom. The van der Waals surface area contributed by atoms with E-state index in [1.807, 2.05) is 13.8 Å². The third kappa shape index (κ3) is 2.39. The molecule has 106 valence electrons. The molecule has 0 spiro atoms. The zero-order chi connectivity index (χ0) is 14.9. The van der Waals surface area contributed by atoms with Gasteiger partial charge in [-0.15, -0.1) is 0 Å². The summed E-state index contributed by atoms with van der Waals surface area (Å²) in [7, 11) is 0. The van der Waals surface area contributed by atoms with E-state index in [1.165, 1.54) is 10.7 Å². The molecule has 20 heavy (non-hydrogen) atoms. The van der Waals surface area contributed by atoms with Crippen molar-refractivity contribution in [3.8, 4) is 5.69 Å². The summed E-state index contributed by atoms with van der Waals surface area (Å²) in [5.41, 5.74) is 1.33. The van der Waals surface area contributed by atoms with Crippen LogP contribution in [-0.2, 0) is 6.61 Å². The van der Waals surface area contributed by atoms with Crippen LogP contribution in [0.1, 0.15) is 31.0 Å². The minimum absolute atomic E-state index is 0.0543. The molecule has 7 heteroatoms. The lowest BCUT2D eigenvalue weighted by Crippen LogP contribution is -2.02. The first-order valence-corrected chi connectivity index (χ1v) is 6.47.